The molecule has 0 spiro atoms. The van der Waals surface area contributed by atoms with Crippen LogP contribution in [0.1, 0.15) is 17.2 Å². The van der Waals surface area contributed by atoms with Crippen molar-refractivity contribution in [3.63, 3.8) is 0 Å². The van der Waals surface area contributed by atoms with E-state index in [-0.39, 0.29) is 12.0 Å². The first-order chi connectivity index (χ1) is 9.95. The minimum Gasteiger partial charge on any atom is -0.271 e. The Morgan fingerprint density at radius 2 is 1.62 bits per heavy atom. The van der Waals surface area contributed by atoms with Crippen LogP contribution in [0.25, 0.3) is 0 Å². The minimum atomic E-state index is -1.54. The van der Waals surface area contributed by atoms with Gasteiger partial charge in [0.05, 0.1) is 6.04 Å². The van der Waals surface area contributed by atoms with Crippen LogP contribution in [0.2, 0.25) is 10.0 Å². The molecule has 0 fully saturated rings. The number of hydrazine groups is 1. The van der Waals surface area contributed by atoms with E-state index in [9.17, 15) is 13.2 Å². The number of nitrogens with two attached hydrogens (primary N) is 1. The van der Waals surface area contributed by atoms with Crippen LogP contribution in [0.5, 0.6) is 0 Å². The number of nitrogens with one attached hydrogen (secondary N) is 1. The third-order valence-corrected chi connectivity index (χ3v) is 3.82. The summed E-state index contributed by atoms with van der Waals surface area (Å²) in [5.41, 5.74) is 2.79. The van der Waals surface area contributed by atoms with Gasteiger partial charge in [-0.05, 0) is 30.2 Å². The molecular weight excluding hydrogens is 324 g/mol. The summed E-state index contributed by atoms with van der Waals surface area (Å²) < 4.78 is 40.1. The maximum Gasteiger partial charge on any atom is 0.194 e. The second kappa shape index (κ2) is 6.66. The molecule has 112 valence electrons. The van der Waals surface area contributed by atoms with Crippen LogP contribution < -0.4 is 11.3 Å². The average molecular weight is 335 g/mol. The smallest absolute Gasteiger partial charge is 0.194 e. The fraction of sp³-hybridized carbons (Fsp3) is 0.143. The molecule has 0 bridgehead atoms. The van der Waals surface area contributed by atoms with Gasteiger partial charge in [-0.2, -0.15) is 0 Å². The third kappa shape index (κ3) is 3.32. The Balaban J connectivity index is 2.40. The molecule has 0 saturated carbocycles. The lowest BCUT2D eigenvalue weighted by Gasteiger charge is -2.19. The monoisotopic (exact) mass is 334 g/mol. The van der Waals surface area contributed by atoms with E-state index in [1.807, 2.05) is 0 Å². The van der Waals surface area contributed by atoms with E-state index < -0.39 is 23.5 Å². The first-order valence-electron chi connectivity index (χ1n) is 5.98. The van der Waals surface area contributed by atoms with Crippen molar-refractivity contribution in [1.29, 1.82) is 0 Å². The van der Waals surface area contributed by atoms with Crippen LogP contribution in [0.15, 0.2) is 30.3 Å². The van der Waals surface area contributed by atoms with E-state index >= 15 is 0 Å². The maximum absolute atomic E-state index is 13.8. The van der Waals surface area contributed by atoms with E-state index in [4.69, 9.17) is 29.0 Å². The predicted molar refractivity (Wildman–Crippen MR) is 76.5 cm³/mol. The van der Waals surface area contributed by atoms with Crippen LogP contribution in [0.3, 0.4) is 0 Å². The largest absolute Gasteiger partial charge is 0.271 e. The summed E-state index contributed by atoms with van der Waals surface area (Å²) >= 11 is 12.1. The molecule has 1 atom stereocenters. The van der Waals surface area contributed by atoms with Crippen molar-refractivity contribution < 1.29 is 13.2 Å². The quantitative estimate of drug-likeness (QED) is 0.500. The molecular formula is C14H11Cl2F3N2. The lowest BCUT2D eigenvalue weighted by Crippen LogP contribution is -2.30. The van der Waals surface area contributed by atoms with E-state index in [0.717, 1.165) is 12.1 Å². The van der Waals surface area contributed by atoms with Crippen molar-refractivity contribution >= 4 is 23.2 Å². The first kappa shape index (κ1) is 16.1. The summed E-state index contributed by atoms with van der Waals surface area (Å²) in [6.45, 7) is 0. The summed E-state index contributed by atoms with van der Waals surface area (Å²) in [7, 11) is 0. The van der Waals surface area contributed by atoms with Gasteiger partial charge in [0.15, 0.2) is 17.5 Å². The standard InChI is InChI=1S/C14H11Cl2F3N2/c15-9-2-1-3-10(16)8(9)6-12(21-20)7-4-5-11(17)14(19)13(7)18/h1-5,12,21H,6,20H2. The highest BCUT2D eigenvalue weighted by Crippen LogP contribution is 2.30. The Morgan fingerprint density at radius 1 is 1.00 bits per heavy atom. The van der Waals surface area contributed by atoms with Crippen LogP contribution >= 0.6 is 23.2 Å². The van der Waals surface area contributed by atoms with Gasteiger partial charge in [0, 0.05) is 15.6 Å². The molecule has 0 radical (unpaired) electrons. The van der Waals surface area contributed by atoms with Crippen molar-refractivity contribution in [3.8, 4) is 0 Å². The van der Waals surface area contributed by atoms with Gasteiger partial charge in [-0.1, -0.05) is 35.3 Å². The zero-order valence-electron chi connectivity index (χ0n) is 10.6. The number of hydrogen-bond donors (Lipinski definition) is 2. The minimum absolute atomic E-state index is 0.104. The first-order valence-corrected chi connectivity index (χ1v) is 6.73. The Bertz CT molecular complexity index is 645. The van der Waals surface area contributed by atoms with Gasteiger partial charge in [0.2, 0.25) is 0 Å². The highest BCUT2D eigenvalue weighted by Gasteiger charge is 2.22. The molecule has 0 heterocycles. The Kier molecular flexibility index (Phi) is 5.11. The molecule has 0 aromatic heterocycles. The molecule has 2 aromatic carbocycles. The lowest BCUT2D eigenvalue weighted by molar-refractivity contribution is 0.425. The van der Waals surface area contributed by atoms with Gasteiger partial charge in [0.1, 0.15) is 0 Å². The van der Waals surface area contributed by atoms with Crippen LogP contribution in [-0.4, -0.2) is 0 Å². The molecule has 21 heavy (non-hydrogen) atoms. The molecule has 2 rings (SSSR count). The normalized spacial score (nSPS) is 12.5. The fourth-order valence-electron chi connectivity index (χ4n) is 2.00. The molecule has 1 unspecified atom stereocenters. The maximum atomic E-state index is 13.8. The van der Waals surface area contributed by atoms with Gasteiger partial charge in [-0.25, -0.2) is 13.2 Å². The zero-order valence-corrected chi connectivity index (χ0v) is 12.2. The number of rotatable bonds is 4. The molecule has 0 amide bonds. The van der Waals surface area contributed by atoms with E-state index in [0.29, 0.717) is 15.6 Å². The Hall–Kier alpha value is -1.27. The fourth-order valence-corrected chi connectivity index (χ4v) is 2.55. The molecule has 0 aliphatic rings. The molecule has 0 saturated heterocycles. The summed E-state index contributed by atoms with van der Waals surface area (Å²) in [5.74, 6) is 1.30. The summed E-state index contributed by atoms with van der Waals surface area (Å²) in [6.07, 6.45) is 0.122. The van der Waals surface area contributed by atoms with Crippen molar-refractivity contribution in [2.45, 2.75) is 12.5 Å². The highest BCUT2D eigenvalue weighted by molar-refractivity contribution is 6.36. The van der Waals surface area contributed by atoms with Gasteiger partial charge >= 0.3 is 0 Å². The number of halogens is 5. The van der Waals surface area contributed by atoms with Gasteiger partial charge in [-0.15, -0.1) is 0 Å². The van der Waals surface area contributed by atoms with Gasteiger partial charge in [-0.3, -0.25) is 11.3 Å². The molecule has 3 N–H and O–H groups in total. The summed E-state index contributed by atoms with van der Waals surface area (Å²) in [4.78, 5) is 0. The van der Waals surface area contributed by atoms with E-state index in [2.05, 4.69) is 5.43 Å². The van der Waals surface area contributed by atoms with E-state index in [1.165, 1.54) is 0 Å². The molecule has 7 heteroatoms. The lowest BCUT2D eigenvalue weighted by atomic mass is 9.98. The van der Waals surface area contributed by atoms with E-state index in [1.54, 1.807) is 18.2 Å². The predicted octanol–water partition coefficient (Wildman–Crippen LogP) is 4.16. The molecule has 2 aromatic rings. The molecule has 2 nitrogen and oxygen atoms in total. The third-order valence-electron chi connectivity index (χ3n) is 3.11. The van der Waals surface area contributed by atoms with Gasteiger partial charge in [0.25, 0.3) is 0 Å². The summed E-state index contributed by atoms with van der Waals surface area (Å²) in [6, 6.07) is 6.07. The Morgan fingerprint density at radius 3 is 2.19 bits per heavy atom. The molecule has 0 aliphatic carbocycles. The van der Waals surface area contributed by atoms with Crippen LogP contribution in [0, 0.1) is 17.5 Å². The SMILES string of the molecule is NNC(Cc1c(Cl)cccc1Cl)c1ccc(F)c(F)c1F. The Labute approximate surface area is 129 Å². The van der Waals surface area contributed by atoms with Crippen LogP contribution in [-0.2, 0) is 6.42 Å². The zero-order chi connectivity index (χ0) is 15.6. The van der Waals surface area contributed by atoms with Crippen molar-refractivity contribution in [1.82, 2.24) is 5.43 Å². The number of benzene rings is 2. The van der Waals surface area contributed by atoms with Crippen molar-refractivity contribution in [3.05, 3.63) is 69.0 Å². The highest BCUT2D eigenvalue weighted by atomic mass is 35.5. The van der Waals surface area contributed by atoms with Crippen molar-refractivity contribution in [2.75, 3.05) is 0 Å². The summed E-state index contributed by atoms with van der Waals surface area (Å²) in [5, 5.41) is 0.761. The average Bonchev–Trinajstić information content (AvgIpc) is 2.46. The second-order valence-corrected chi connectivity index (χ2v) is 5.20. The topological polar surface area (TPSA) is 38.0 Å². The molecule has 0 aliphatic heterocycles. The van der Waals surface area contributed by atoms with Crippen LogP contribution in [0.4, 0.5) is 13.2 Å². The second-order valence-electron chi connectivity index (χ2n) is 4.39. The van der Waals surface area contributed by atoms with Crippen molar-refractivity contribution in [2.24, 2.45) is 5.84 Å². The number of hydrogen-bond acceptors (Lipinski definition) is 2. The van der Waals surface area contributed by atoms with Gasteiger partial charge < -0.3 is 0 Å².